The molecule has 2 heterocycles. The van der Waals surface area contributed by atoms with Crippen LogP contribution in [-0.2, 0) is 29.0 Å². The van der Waals surface area contributed by atoms with Gasteiger partial charge in [-0.2, -0.15) is 0 Å². The maximum Gasteiger partial charge on any atom is 0.207 e. The Morgan fingerprint density at radius 3 is 2.25 bits per heavy atom. The molecule has 0 spiro atoms. The van der Waals surface area contributed by atoms with E-state index in [1.54, 1.807) is 20.4 Å². The van der Waals surface area contributed by atoms with Gasteiger partial charge < -0.3 is 39.2 Å². The summed E-state index contributed by atoms with van der Waals surface area (Å²) in [5.41, 5.74) is 6.40. The van der Waals surface area contributed by atoms with Crippen LogP contribution in [0.5, 0.6) is 23.0 Å². The van der Waals surface area contributed by atoms with Gasteiger partial charge in [0.2, 0.25) is 6.41 Å². The van der Waals surface area contributed by atoms with Crippen molar-refractivity contribution in [3.63, 3.8) is 0 Å². The fraction of sp³-hybridized carbons (Fsp3) is 0.429. The van der Waals surface area contributed by atoms with Gasteiger partial charge in [-0.15, -0.1) is 0 Å². The highest BCUT2D eigenvalue weighted by Crippen LogP contribution is 2.39. The summed E-state index contributed by atoms with van der Waals surface area (Å²) in [6, 6.07) is 16.5. The molecule has 10 heteroatoms. The number of rotatable bonds is 18. The van der Waals surface area contributed by atoms with E-state index in [0.29, 0.717) is 49.5 Å². The molecule has 2 aliphatic heterocycles. The van der Waals surface area contributed by atoms with Crippen LogP contribution in [0.4, 0.5) is 11.4 Å². The van der Waals surface area contributed by atoms with Gasteiger partial charge in [0.15, 0.2) is 28.9 Å². The Kier molecular flexibility index (Phi) is 14.3. The molecule has 2 atom stereocenters. The Labute approximate surface area is 308 Å². The average Bonchev–Trinajstić information content (AvgIpc) is 3.13. The molecule has 52 heavy (non-hydrogen) atoms. The molecule has 2 unspecified atom stereocenters. The van der Waals surface area contributed by atoms with E-state index in [1.807, 2.05) is 23.2 Å². The molecule has 10 nitrogen and oxygen atoms in total. The van der Waals surface area contributed by atoms with Crippen LogP contribution < -0.4 is 34.5 Å². The van der Waals surface area contributed by atoms with E-state index in [1.165, 1.54) is 5.56 Å². The molecule has 0 saturated heterocycles. The Bertz CT molecular complexity index is 1670. The molecule has 0 fully saturated rings. The predicted octanol–water partition coefficient (Wildman–Crippen LogP) is 7.73. The van der Waals surface area contributed by atoms with Crippen molar-refractivity contribution in [1.82, 2.24) is 10.6 Å². The second kappa shape index (κ2) is 19.5. The number of aliphatic imine (C=N–C) groups is 1. The number of hydrogen-bond acceptors (Lipinski definition) is 9. The monoisotopic (exact) mass is 710 g/mol. The summed E-state index contributed by atoms with van der Waals surface area (Å²) in [4.78, 5) is 18.2. The molecule has 3 aromatic rings. The number of nitrogens with zero attached hydrogens (tertiary/aromatic N) is 2. The number of nitrogens with one attached hydrogen (secondary N) is 2. The number of fused-ring (bicyclic) bond motifs is 2. The number of unbranched alkanes of at least 4 members (excludes halogenated alkanes) is 2. The Balaban J connectivity index is 1.19. The topological polar surface area (TPSA) is 103 Å². The number of carbonyl (C=O) groups excluding carboxylic acids is 1. The van der Waals surface area contributed by atoms with Crippen molar-refractivity contribution in [1.29, 1.82) is 0 Å². The predicted molar refractivity (Wildman–Crippen MR) is 207 cm³/mol. The van der Waals surface area contributed by atoms with Crippen molar-refractivity contribution < 1.29 is 28.5 Å². The summed E-state index contributed by atoms with van der Waals surface area (Å²) in [5.74, 6) is 3.30. The van der Waals surface area contributed by atoms with Gasteiger partial charge in [-0.05, 0) is 106 Å². The first-order valence-electron chi connectivity index (χ1n) is 18.4. The maximum atomic E-state index is 11.4. The summed E-state index contributed by atoms with van der Waals surface area (Å²) < 4.78 is 30.2. The molecule has 3 aromatic carbocycles. The molecule has 0 bridgehead atoms. The average molecular weight is 711 g/mol. The van der Waals surface area contributed by atoms with E-state index in [2.05, 4.69) is 67.1 Å². The summed E-state index contributed by atoms with van der Waals surface area (Å²) in [6.45, 7) is 12.1. The number of hydrogen-bond donors (Lipinski definition) is 2. The van der Waals surface area contributed by atoms with Gasteiger partial charge in [0.25, 0.3) is 0 Å². The summed E-state index contributed by atoms with van der Waals surface area (Å²) in [7, 11) is 3.34. The number of aryl methyl sites for hydroxylation is 3. The summed E-state index contributed by atoms with van der Waals surface area (Å²) in [5, 5.41) is 6.24. The van der Waals surface area contributed by atoms with E-state index < -0.39 is 0 Å². The zero-order valence-corrected chi connectivity index (χ0v) is 31.0. The number of amides is 1. The SMILES string of the molecule is C=CNC1/C=N\c2cc(OCCCCCOc3cc4c(cc3OC)CCCC(NC=O)CN4C(=C)OCc3ccc(C)cc3)c(OC)cc2CCC1. The zero-order valence-electron chi connectivity index (χ0n) is 31.0. The minimum Gasteiger partial charge on any atom is -0.493 e. The summed E-state index contributed by atoms with van der Waals surface area (Å²) in [6.07, 6.45) is 12.6. The van der Waals surface area contributed by atoms with E-state index in [0.717, 1.165) is 98.0 Å². The maximum absolute atomic E-state index is 11.4. The number of anilines is 1. The van der Waals surface area contributed by atoms with Crippen LogP contribution in [0.2, 0.25) is 0 Å². The molecule has 0 aliphatic carbocycles. The standard InChI is InChI=1S/C42H54N4O6/c1-6-43-35-14-10-12-33-22-39(48-4)41(24-37(33)44-26-35)50-20-8-7-9-21-51-42-25-38-34(23-40(42)49-5)13-11-15-36(45-29-47)27-46(38)31(3)52-28-32-18-16-30(2)17-19-32/h6,16-19,22-26,29,35-36,43H,1,3,7-15,20-21,27-28H2,2,4-5H3,(H,45,47)/b44-26-. The first kappa shape index (κ1) is 38.1. The first-order valence-corrected chi connectivity index (χ1v) is 18.4. The molecule has 0 aromatic heterocycles. The number of ether oxygens (including phenoxy) is 5. The molecule has 1 amide bonds. The lowest BCUT2D eigenvalue weighted by Gasteiger charge is -2.34. The minimum atomic E-state index is -0.0471. The highest BCUT2D eigenvalue weighted by Gasteiger charge is 2.25. The lowest BCUT2D eigenvalue weighted by molar-refractivity contribution is -0.110. The molecule has 2 aliphatic rings. The van der Waals surface area contributed by atoms with Gasteiger partial charge in [0.05, 0.1) is 44.8 Å². The van der Waals surface area contributed by atoms with Gasteiger partial charge in [-0.3, -0.25) is 9.79 Å². The molecule has 2 N–H and O–H groups in total. The van der Waals surface area contributed by atoms with Gasteiger partial charge in [0.1, 0.15) is 6.61 Å². The Hall–Kier alpha value is -5.12. The van der Waals surface area contributed by atoms with Crippen LogP contribution in [0.3, 0.4) is 0 Å². The molecule has 278 valence electrons. The van der Waals surface area contributed by atoms with Crippen molar-refractivity contribution in [2.75, 3.05) is 38.9 Å². The smallest absolute Gasteiger partial charge is 0.207 e. The number of methoxy groups -OCH3 is 2. The molecular weight excluding hydrogens is 656 g/mol. The normalized spacial score (nSPS) is 17.4. The molecular formula is C42H54N4O6. The van der Waals surface area contributed by atoms with E-state index in [9.17, 15) is 4.79 Å². The number of carbonyl (C=O) groups is 1. The third-order valence-electron chi connectivity index (χ3n) is 9.54. The van der Waals surface area contributed by atoms with Crippen LogP contribution >= 0.6 is 0 Å². The molecule has 0 saturated carbocycles. The van der Waals surface area contributed by atoms with E-state index in [-0.39, 0.29) is 12.1 Å². The lowest BCUT2D eigenvalue weighted by Crippen LogP contribution is -2.42. The van der Waals surface area contributed by atoms with Crippen molar-refractivity contribution in [2.45, 2.75) is 83.4 Å². The van der Waals surface area contributed by atoms with Crippen LogP contribution in [0.25, 0.3) is 0 Å². The minimum absolute atomic E-state index is 0.0471. The first-order chi connectivity index (χ1) is 25.4. The number of benzene rings is 3. The van der Waals surface area contributed by atoms with Gasteiger partial charge in [-0.1, -0.05) is 36.4 Å². The lowest BCUT2D eigenvalue weighted by atomic mass is 9.98. The fourth-order valence-corrected chi connectivity index (χ4v) is 6.63. The highest BCUT2D eigenvalue weighted by atomic mass is 16.5. The third kappa shape index (κ3) is 10.5. The second-order valence-electron chi connectivity index (χ2n) is 13.3. The quantitative estimate of drug-likeness (QED) is 0.0786. The van der Waals surface area contributed by atoms with Crippen molar-refractivity contribution in [2.24, 2.45) is 4.99 Å². The highest BCUT2D eigenvalue weighted by molar-refractivity contribution is 5.72. The van der Waals surface area contributed by atoms with Gasteiger partial charge in [-0.25, -0.2) is 0 Å². The van der Waals surface area contributed by atoms with Gasteiger partial charge in [0, 0.05) is 30.9 Å². The van der Waals surface area contributed by atoms with Crippen molar-refractivity contribution in [3.05, 3.63) is 96.0 Å². The second-order valence-corrected chi connectivity index (χ2v) is 13.3. The molecule has 0 radical (unpaired) electrons. The summed E-state index contributed by atoms with van der Waals surface area (Å²) >= 11 is 0. The van der Waals surface area contributed by atoms with E-state index >= 15 is 0 Å². The molecule has 5 rings (SSSR count). The largest absolute Gasteiger partial charge is 0.493 e. The Morgan fingerprint density at radius 1 is 0.885 bits per heavy atom. The van der Waals surface area contributed by atoms with Crippen molar-refractivity contribution in [3.8, 4) is 23.0 Å². The van der Waals surface area contributed by atoms with E-state index in [4.69, 9.17) is 28.7 Å². The Morgan fingerprint density at radius 2 is 1.56 bits per heavy atom. The van der Waals surface area contributed by atoms with Crippen molar-refractivity contribution >= 4 is 24.0 Å². The van der Waals surface area contributed by atoms with Crippen LogP contribution in [0, 0.1) is 6.92 Å². The fourth-order valence-electron chi connectivity index (χ4n) is 6.63. The van der Waals surface area contributed by atoms with Crippen LogP contribution in [0.1, 0.15) is 67.2 Å². The third-order valence-corrected chi connectivity index (χ3v) is 9.54. The van der Waals surface area contributed by atoms with Gasteiger partial charge >= 0.3 is 0 Å². The van der Waals surface area contributed by atoms with Crippen LogP contribution in [0.15, 0.2) is 78.8 Å². The van der Waals surface area contributed by atoms with Crippen LogP contribution in [-0.4, -0.2) is 58.7 Å². The zero-order chi connectivity index (χ0) is 36.7.